The van der Waals surface area contributed by atoms with Crippen LogP contribution in [0.3, 0.4) is 0 Å². The fourth-order valence-corrected chi connectivity index (χ4v) is 2.91. The Morgan fingerprint density at radius 1 is 1.10 bits per heavy atom. The predicted octanol–water partition coefficient (Wildman–Crippen LogP) is 4.68. The predicted molar refractivity (Wildman–Crippen MR) is 112 cm³/mol. The Kier molecular flexibility index (Phi) is 6.09. The van der Waals surface area contributed by atoms with Gasteiger partial charge in [0, 0.05) is 11.6 Å². The minimum atomic E-state index is -4.45. The number of methoxy groups -OCH3 is 1. The van der Waals surface area contributed by atoms with Crippen molar-refractivity contribution in [2.45, 2.75) is 26.1 Å². The van der Waals surface area contributed by atoms with E-state index in [1.165, 1.54) is 23.9 Å². The number of alkyl halides is 3. The van der Waals surface area contributed by atoms with Crippen LogP contribution in [0.25, 0.3) is 16.9 Å². The molecule has 2 aromatic carbocycles. The van der Waals surface area contributed by atoms with Gasteiger partial charge in [-0.05, 0) is 62.4 Å². The standard InChI is InChI=1S/C21H22F3N5O2/c1-12(2)26-20(30)27-18-17(13-4-10-16(31-3)11-5-13)28-29(19(18)25)15-8-6-14(7-9-15)21(22,23)24/h4-12H,25H2,1-3H3,(H2,26,27,30). The molecule has 0 saturated carbocycles. The van der Waals surface area contributed by atoms with Gasteiger partial charge in [0.1, 0.15) is 17.1 Å². The molecule has 0 atom stereocenters. The number of aromatic nitrogens is 2. The molecule has 2 amide bonds. The van der Waals surface area contributed by atoms with Crippen molar-refractivity contribution in [3.8, 4) is 22.7 Å². The second-order valence-electron chi connectivity index (χ2n) is 7.05. The highest BCUT2D eigenvalue weighted by atomic mass is 19.4. The Hall–Kier alpha value is -3.69. The fourth-order valence-electron chi connectivity index (χ4n) is 2.91. The largest absolute Gasteiger partial charge is 0.497 e. The lowest BCUT2D eigenvalue weighted by Crippen LogP contribution is -2.34. The lowest BCUT2D eigenvalue weighted by Gasteiger charge is -2.11. The number of halogens is 3. The van der Waals surface area contributed by atoms with Gasteiger partial charge in [-0.3, -0.25) is 0 Å². The average Bonchev–Trinajstić information content (AvgIpc) is 3.03. The minimum Gasteiger partial charge on any atom is -0.497 e. The number of carbonyl (C=O) groups is 1. The number of nitrogens with zero attached hydrogens (tertiary/aromatic N) is 2. The van der Waals surface area contributed by atoms with Crippen LogP contribution in [0.5, 0.6) is 5.75 Å². The lowest BCUT2D eigenvalue weighted by atomic mass is 10.1. The Balaban J connectivity index is 2.07. The molecule has 31 heavy (non-hydrogen) atoms. The zero-order valence-electron chi connectivity index (χ0n) is 17.1. The number of anilines is 2. The third-order valence-electron chi connectivity index (χ3n) is 4.38. The molecule has 3 aromatic rings. The van der Waals surface area contributed by atoms with E-state index >= 15 is 0 Å². The summed E-state index contributed by atoms with van der Waals surface area (Å²) in [6.45, 7) is 3.61. The molecule has 0 spiro atoms. The number of nitrogens with one attached hydrogen (secondary N) is 2. The van der Waals surface area contributed by atoms with Crippen LogP contribution in [0.1, 0.15) is 19.4 Å². The van der Waals surface area contributed by atoms with Crippen LogP contribution in [0.15, 0.2) is 48.5 Å². The van der Waals surface area contributed by atoms with Gasteiger partial charge in [0.25, 0.3) is 0 Å². The van der Waals surface area contributed by atoms with Crippen LogP contribution in [0.2, 0.25) is 0 Å². The van der Waals surface area contributed by atoms with E-state index in [-0.39, 0.29) is 17.5 Å². The molecular formula is C21H22F3N5O2. The number of nitrogen functional groups attached to an aromatic ring is 1. The minimum absolute atomic E-state index is 0.0736. The van der Waals surface area contributed by atoms with Gasteiger partial charge in [0.2, 0.25) is 0 Å². The van der Waals surface area contributed by atoms with Crippen LogP contribution in [-0.4, -0.2) is 29.0 Å². The first-order valence-electron chi connectivity index (χ1n) is 9.38. The highest BCUT2D eigenvalue weighted by Crippen LogP contribution is 2.36. The number of hydrogen-bond acceptors (Lipinski definition) is 4. The van der Waals surface area contributed by atoms with Gasteiger partial charge in [0.15, 0.2) is 5.82 Å². The van der Waals surface area contributed by atoms with E-state index in [1.54, 1.807) is 38.1 Å². The van der Waals surface area contributed by atoms with E-state index in [9.17, 15) is 18.0 Å². The fraction of sp³-hybridized carbons (Fsp3) is 0.238. The van der Waals surface area contributed by atoms with Crippen LogP contribution >= 0.6 is 0 Å². The summed E-state index contributed by atoms with van der Waals surface area (Å²) >= 11 is 0. The Morgan fingerprint density at radius 3 is 2.23 bits per heavy atom. The first kappa shape index (κ1) is 22.0. The quantitative estimate of drug-likeness (QED) is 0.545. The van der Waals surface area contributed by atoms with Gasteiger partial charge >= 0.3 is 12.2 Å². The molecule has 0 bridgehead atoms. The van der Waals surface area contributed by atoms with Crippen molar-refractivity contribution < 1.29 is 22.7 Å². The number of carbonyl (C=O) groups excluding carboxylic acids is 1. The molecule has 0 aliphatic rings. The zero-order chi connectivity index (χ0) is 22.8. The van der Waals surface area contributed by atoms with Crippen LogP contribution < -0.4 is 21.1 Å². The summed E-state index contributed by atoms with van der Waals surface area (Å²) in [5, 5.41) is 9.85. The Morgan fingerprint density at radius 2 is 1.71 bits per heavy atom. The van der Waals surface area contributed by atoms with E-state index in [4.69, 9.17) is 10.5 Å². The zero-order valence-corrected chi connectivity index (χ0v) is 17.1. The van der Waals surface area contributed by atoms with Gasteiger partial charge in [-0.15, -0.1) is 0 Å². The summed E-state index contributed by atoms with van der Waals surface area (Å²) in [5.41, 5.74) is 7.01. The van der Waals surface area contributed by atoms with Crippen molar-refractivity contribution in [1.29, 1.82) is 0 Å². The normalized spacial score (nSPS) is 11.5. The van der Waals surface area contributed by atoms with Crippen molar-refractivity contribution >= 4 is 17.5 Å². The summed E-state index contributed by atoms with van der Waals surface area (Å²) in [6, 6.07) is 10.8. The van der Waals surface area contributed by atoms with Crippen LogP contribution in [0, 0.1) is 0 Å². The second-order valence-corrected chi connectivity index (χ2v) is 7.05. The summed E-state index contributed by atoms with van der Waals surface area (Å²) in [7, 11) is 1.54. The van der Waals surface area contributed by atoms with Crippen molar-refractivity contribution in [3.63, 3.8) is 0 Å². The van der Waals surface area contributed by atoms with Crippen molar-refractivity contribution in [1.82, 2.24) is 15.1 Å². The molecule has 164 valence electrons. The van der Waals surface area contributed by atoms with Gasteiger partial charge in [-0.25, -0.2) is 9.48 Å². The van der Waals surface area contributed by atoms with E-state index in [0.717, 1.165) is 12.1 Å². The van der Waals surface area contributed by atoms with Crippen molar-refractivity contribution in [3.05, 3.63) is 54.1 Å². The van der Waals surface area contributed by atoms with Crippen molar-refractivity contribution in [2.75, 3.05) is 18.2 Å². The van der Waals surface area contributed by atoms with E-state index < -0.39 is 17.8 Å². The number of urea groups is 1. The third kappa shape index (κ3) is 4.90. The lowest BCUT2D eigenvalue weighted by molar-refractivity contribution is -0.137. The molecule has 0 aliphatic heterocycles. The maximum atomic E-state index is 12.9. The highest BCUT2D eigenvalue weighted by Gasteiger charge is 2.30. The van der Waals surface area contributed by atoms with Gasteiger partial charge in [-0.2, -0.15) is 18.3 Å². The molecule has 0 aliphatic carbocycles. The number of amides is 2. The molecule has 0 saturated heterocycles. The molecule has 10 heteroatoms. The molecule has 0 unspecified atom stereocenters. The van der Waals surface area contributed by atoms with Crippen molar-refractivity contribution in [2.24, 2.45) is 0 Å². The SMILES string of the molecule is COc1ccc(-c2nn(-c3ccc(C(F)(F)F)cc3)c(N)c2NC(=O)NC(C)C)cc1. The van der Waals surface area contributed by atoms with E-state index in [2.05, 4.69) is 15.7 Å². The molecule has 4 N–H and O–H groups in total. The Bertz CT molecular complexity index is 1060. The molecule has 1 aromatic heterocycles. The Labute approximate surface area is 177 Å². The smallest absolute Gasteiger partial charge is 0.416 e. The topological polar surface area (TPSA) is 94.2 Å². The first-order chi connectivity index (χ1) is 14.6. The molecule has 7 nitrogen and oxygen atoms in total. The number of ether oxygens (including phenoxy) is 1. The summed E-state index contributed by atoms with van der Waals surface area (Å²) in [4.78, 5) is 12.3. The summed E-state index contributed by atoms with van der Waals surface area (Å²) in [5.74, 6) is 0.704. The second kappa shape index (κ2) is 8.58. The molecule has 0 radical (unpaired) electrons. The van der Waals surface area contributed by atoms with Crippen LogP contribution in [0.4, 0.5) is 29.5 Å². The van der Waals surface area contributed by atoms with E-state index in [0.29, 0.717) is 22.7 Å². The maximum Gasteiger partial charge on any atom is 0.416 e. The monoisotopic (exact) mass is 433 g/mol. The molecular weight excluding hydrogens is 411 g/mol. The van der Waals surface area contributed by atoms with Gasteiger partial charge in [-0.1, -0.05) is 0 Å². The summed E-state index contributed by atoms with van der Waals surface area (Å²) in [6.07, 6.45) is -4.45. The highest BCUT2D eigenvalue weighted by molar-refractivity contribution is 5.97. The summed E-state index contributed by atoms with van der Waals surface area (Å²) < 4.78 is 45.1. The number of benzene rings is 2. The number of nitrogens with two attached hydrogens (primary N) is 1. The number of rotatable bonds is 5. The van der Waals surface area contributed by atoms with E-state index in [1.807, 2.05) is 0 Å². The maximum absolute atomic E-state index is 12.9. The van der Waals surface area contributed by atoms with Gasteiger partial charge in [0.05, 0.1) is 18.4 Å². The average molecular weight is 433 g/mol. The molecule has 0 fully saturated rings. The van der Waals surface area contributed by atoms with Crippen LogP contribution in [-0.2, 0) is 6.18 Å². The number of hydrogen-bond donors (Lipinski definition) is 3. The third-order valence-corrected chi connectivity index (χ3v) is 4.38. The molecule has 1 heterocycles. The molecule has 3 rings (SSSR count). The first-order valence-corrected chi connectivity index (χ1v) is 9.38. The van der Waals surface area contributed by atoms with Gasteiger partial charge < -0.3 is 21.1 Å².